The van der Waals surface area contributed by atoms with Crippen molar-refractivity contribution >= 4 is 106 Å². The van der Waals surface area contributed by atoms with E-state index in [0.717, 1.165) is 58.9 Å². The Morgan fingerprint density at radius 2 is 0.774 bits per heavy atom. The van der Waals surface area contributed by atoms with E-state index in [1.807, 2.05) is 76.2 Å². The van der Waals surface area contributed by atoms with Crippen LogP contribution in [-0.4, -0.2) is 167 Å². The van der Waals surface area contributed by atoms with Crippen molar-refractivity contribution in [3.05, 3.63) is 0 Å². The summed E-state index contributed by atoms with van der Waals surface area (Å²) in [4.78, 5) is 37.0. The van der Waals surface area contributed by atoms with Gasteiger partial charge in [-0.1, -0.05) is 101 Å². The molecular weight excluding hydrogens is 1050 g/mol. The smallest absolute Gasteiger partial charge is 1.00 e. The zero-order chi connectivity index (χ0) is 53.5. The fourth-order valence-corrected chi connectivity index (χ4v) is 0. The first-order valence-corrected chi connectivity index (χ1v) is 20.6. The Bertz CT molecular complexity index is 529. The standard InChI is InChI=1S/C3H6F2O.2C3H6O2.C3H6OS.C3H8O.2C2H5Br.C2H4O2.C2H6O.C2H4O.4C2H6.CH5BO2.3CH4O.B.BrH.Na.H/c1-3(4,5)6-2;2*1-3(4)5-2;1-3(5)4-2;1-3-4-2;2*1-2-3;1-2(3)4;2*1-2-3;4*1-2;1-2(3)4;3*1-2;;;;/h1-2H3;3*1-2H3;3H2,1-2H3;2*2H2,1H3;1H3,(H,3,4);3H,2H2,1H3;2H,1H3;4*1-2H3;3-4H,1H3;3*2H,1H3;;1H;;/q;;;;;;;;;;;;;;;;;;;;+1;-1. The van der Waals surface area contributed by atoms with Gasteiger partial charge in [-0.3, -0.25) is 14.4 Å². The van der Waals surface area contributed by atoms with Gasteiger partial charge in [-0.05, 0) is 39.8 Å². The van der Waals surface area contributed by atoms with Crippen molar-refractivity contribution in [2.75, 3.05) is 80.8 Å². The van der Waals surface area contributed by atoms with E-state index in [0.29, 0.717) is 12.0 Å². The molecule has 0 rings (SSSR count). The number of rotatable bonds is 2. The second kappa shape index (κ2) is 228. The Morgan fingerprint density at radius 3 is 0.774 bits per heavy atom. The molecule has 0 aliphatic carbocycles. The normalized spacial score (nSPS) is 5.89. The van der Waals surface area contributed by atoms with Gasteiger partial charge in [0.05, 0.1) is 21.3 Å². The molecular formula is C37H99B2Br3F2NaO16S. The monoisotopic (exact) mass is 1150 g/mol. The number of hydrogen-bond acceptors (Lipinski definition) is 16. The Morgan fingerprint density at radius 1 is 0.710 bits per heavy atom. The summed E-state index contributed by atoms with van der Waals surface area (Å²) in [5.41, 5.74) is 0. The number of aliphatic hydroxyl groups excluding tert-OH is 4. The fraction of sp³-hybridized carbons (Fsp3) is 0.865. The van der Waals surface area contributed by atoms with Crippen LogP contribution in [0.15, 0.2) is 0 Å². The molecule has 7 N–H and O–H groups in total. The summed E-state index contributed by atoms with van der Waals surface area (Å²) in [5, 5.41) is 53.9. The number of methoxy groups -OCH3 is 5. The summed E-state index contributed by atoms with van der Waals surface area (Å²) in [6.07, 6.45) is -2.21. The largest absolute Gasteiger partial charge is 1.00 e. The van der Waals surface area contributed by atoms with Crippen LogP contribution in [0.5, 0.6) is 0 Å². The van der Waals surface area contributed by atoms with Gasteiger partial charge in [0.15, 0.2) is 5.05 Å². The molecule has 3 radical (unpaired) electrons. The molecule has 0 unspecified atom stereocenters. The number of carbonyl (C=O) groups is 4. The van der Waals surface area contributed by atoms with Crippen molar-refractivity contribution in [3.8, 4) is 0 Å². The van der Waals surface area contributed by atoms with Gasteiger partial charge in [-0.15, -0.1) is 17.0 Å². The van der Waals surface area contributed by atoms with Crippen molar-refractivity contribution in [2.24, 2.45) is 0 Å². The molecule has 25 heteroatoms. The number of aliphatic carboxylic acids is 1. The molecule has 0 aromatic rings. The summed E-state index contributed by atoms with van der Waals surface area (Å²) in [5.74, 6) is -1.32. The molecule has 0 aromatic carbocycles. The minimum atomic E-state index is -2.96. The van der Waals surface area contributed by atoms with Crippen LogP contribution in [0, 0.1) is 0 Å². The Balaban J connectivity index is -0.0000000143. The number of carboxylic acids is 1. The first-order chi connectivity index (χ1) is 27.4. The number of halogens is 5. The predicted octanol–water partition coefficient (Wildman–Crippen LogP) is 5.67. The summed E-state index contributed by atoms with van der Waals surface area (Å²) in [7, 11) is 8.73. The number of esters is 2. The van der Waals surface area contributed by atoms with E-state index in [9.17, 15) is 18.4 Å². The predicted molar refractivity (Wildman–Crippen MR) is 276 cm³/mol. The number of aldehydes is 1. The van der Waals surface area contributed by atoms with Gasteiger partial charge in [-0.2, -0.15) is 8.78 Å². The molecule has 0 aliphatic rings. The Kier molecular flexibility index (Phi) is 505. The van der Waals surface area contributed by atoms with Crippen molar-refractivity contribution in [3.63, 3.8) is 0 Å². The molecule has 0 spiro atoms. The van der Waals surface area contributed by atoms with Gasteiger partial charge in [-0.25, -0.2) is 0 Å². The average molecular weight is 1150 g/mol. The quantitative estimate of drug-likeness (QED) is 0.0578. The summed E-state index contributed by atoms with van der Waals surface area (Å²) in [6.45, 7) is 33.7. The maximum Gasteiger partial charge on any atom is 1.00 e. The molecule has 0 saturated carbocycles. The SMILES string of the molecule is Br.CB(O)O.CC.CC.CC.CC.CC(=O)O.CC=O.CCBr.CCBr.CCO.CCOC.CO.CO.CO.COC(C)(F)F.COC(C)=O.COC(C)=O.COC(C)=S.[B].[H-].[Na+]. The number of thiocarbonyl (C=S) groups is 1. The Hall–Kier alpha value is 0.0799. The van der Waals surface area contributed by atoms with Crippen LogP contribution in [0.1, 0.15) is 126 Å². The van der Waals surface area contributed by atoms with Crippen LogP contribution in [0.4, 0.5) is 8.78 Å². The van der Waals surface area contributed by atoms with E-state index < -0.39 is 19.2 Å². The molecule has 0 atom stereocenters. The molecule has 16 nitrogen and oxygen atoms in total. The second-order valence-corrected chi connectivity index (χ2v) is 8.73. The zero-order valence-corrected chi connectivity index (χ0v) is 51.9. The number of aliphatic hydroxyl groups is 4. The third-order valence-electron chi connectivity index (χ3n) is 1.51. The average Bonchev–Trinajstić information content (AvgIpc) is 3.21. The summed E-state index contributed by atoms with van der Waals surface area (Å²) in [6, 6.07) is 0. The van der Waals surface area contributed by atoms with E-state index >= 15 is 0 Å². The summed E-state index contributed by atoms with van der Waals surface area (Å²) < 4.78 is 43.3. The van der Waals surface area contributed by atoms with Gasteiger partial charge >= 0.3 is 54.7 Å². The molecule has 0 fully saturated rings. The minimum absolute atomic E-state index is 0. The molecule has 0 saturated heterocycles. The molecule has 0 bridgehead atoms. The Labute approximate surface area is 439 Å². The second-order valence-electron chi connectivity index (χ2n) is 5.91. The van der Waals surface area contributed by atoms with Gasteiger partial charge in [0.2, 0.25) is 0 Å². The topological polar surface area (TPSA) is 256 Å². The van der Waals surface area contributed by atoms with Crippen LogP contribution in [0.25, 0.3) is 0 Å². The molecule has 0 aliphatic heterocycles. The van der Waals surface area contributed by atoms with Crippen LogP contribution in [-0.2, 0) is 42.9 Å². The number of hydrogen-bond donors (Lipinski definition) is 7. The number of ether oxygens (including phenoxy) is 5. The minimum Gasteiger partial charge on any atom is -1.00 e. The zero-order valence-electron chi connectivity index (χ0n) is 45.2. The van der Waals surface area contributed by atoms with Crippen LogP contribution in [0.2, 0.25) is 6.82 Å². The number of alkyl halides is 4. The van der Waals surface area contributed by atoms with Gasteiger partial charge < -0.3 is 65.5 Å². The van der Waals surface area contributed by atoms with Crippen LogP contribution >= 0.6 is 61.1 Å². The maximum atomic E-state index is 11.2. The van der Waals surface area contributed by atoms with E-state index in [-0.39, 0.29) is 74.9 Å². The van der Waals surface area contributed by atoms with Gasteiger partial charge in [0, 0.05) is 102 Å². The number of carbonyl (C=O) groups excluding carboxylic acids is 3. The molecule has 0 aromatic heterocycles. The van der Waals surface area contributed by atoms with Crippen LogP contribution in [0.3, 0.4) is 0 Å². The maximum absolute atomic E-state index is 11.2. The first-order valence-electron chi connectivity index (χ1n) is 18.0. The van der Waals surface area contributed by atoms with Crippen molar-refractivity contribution in [2.45, 2.75) is 138 Å². The van der Waals surface area contributed by atoms with E-state index in [1.54, 1.807) is 28.1 Å². The third-order valence-corrected chi connectivity index (χ3v) is 1.68. The first kappa shape index (κ1) is 137. The van der Waals surface area contributed by atoms with E-state index in [4.69, 9.17) is 45.2 Å². The molecule has 0 amide bonds. The van der Waals surface area contributed by atoms with Crippen molar-refractivity contribution in [1.29, 1.82) is 0 Å². The van der Waals surface area contributed by atoms with E-state index in [2.05, 4.69) is 67.8 Å². The third kappa shape index (κ3) is 2060. The molecule has 0 heterocycles. The van der Waals surface area contributed by atoms with Gasteiger partial charge in [0.1, 0.15) is 6.29 Å². The van der Waals surface area contributed by atoms with Crippen LogP contribution < -0.4 is 29.6 Å². The van der Waals surface area contributed by atoms with E-state index in [1.165, 1.54) is 41.8 Å². The van der Waals surface area contributed by atoms with Crippen molar-refractivity contribution in [1.82, 2.24) is 0 Å². The molecule has 391 valence electrons. The molecule has 62 heavy (non-hydrogen) atoms. The van der Waals surface area contributed by atoms with Gasteiger partial charge in [0.25, 0.3) is 5.97 Å². The van der Waals surface area contributed by atoms with Crippen molar-refractivity contribution < 1.29 is 118 Å². The fourth-order valence-electron chi connectivity index (χ4n) is 0. The summed E-state index contributed by atoms with van der Waals surface area (Å²) >= 11 is 10.8. The number of carboxylic acid groups (broad SMARTS) is 1.